The molecule has 0 spiro atoms. The molecule has 0 saturated carbocycles. The predicted octanol–water partition coefficient (Wildman–Crippen LogP) is 0.426. The van der Waals surface area contributed by atoms with Crippen molar-refractivity contribution in [1.29, 1.82) is 0 Å². The molecule has 1 aromatic carbocycles. The molecule has 2 heterocycles. The molecular weight excluding hydrogens is 312 g/mol. The van der Waals surface area contributed by atoms with E-state index in [2.05, 4.69) is 16.7 Å². The van der Waals surface area contributed by atoms with Gasteiger partial charge in [-0.3, -0.25) is 4.79 Å². The van der Waals surface area contributed by atoms with Gasteiger partial charge in [0, 0.05) is 12.6 Å². The van der Waals surface area contributed by atoms with Crippen molar-refractivity contribution in [2.24, 2.45) is 0 Å². The molecule has 7 heteroatoms. The molecule has 2 atom stereocenters. The first-order valence-electron chi connectivity index (χ1n) is 6.84. The first-order chi connectivity index (χ1) is 9.53. The van der Waals surface area contributed by atoms with E-state index in [0.29, 0.717) is 19.4 Å². The van der Waals surface area contributed by atoms with Crippen molar-refractivity contribution < 1.29 is 13.2 Å². The molecule has 1 fully saturated rings. The van der Waals surface area contributed by atoms with Crippen molar-refractivity contribution in [1.82, 2.24) is 10.6 Å². The van der Waals surface area contributed by atoms with Crippen LogP contribution in [0, 0.1) is 0 Å². The molecule has 2 unspecified atom stereocenters. The van der Waals surface area contributed by atoms with Gasteiger partial charge >= 0.3 is 0 Å². The third kappa shape index (κ3) is 3.75. The van der Waals surface area contributed by atoms with Gasteiger partial charge in [0.15, 0.2) is 9.84 Å². The molecule has 0 aromatic heterocycles. The van der Waals surface area contributed by atoms with Gasteiger partial charge in [-0.25, -0.2) is 8.42 Å². The summed E-state index contributed by atoms with van der Waals surface area (Å²) in [7, 11) is -2.96. The van der Waals surface area contributed by atoms with Gasteiger partial charge in [0.1, 0.15) is 0 Å². The number of nitrogens with one attached hydrogen (secondary N) is 2. The minimum atomic E-state index is -2.96. The number of sulfone groups is 1. The van der Waals surface area contributed by atoms with E-state index in [1.54, 1.807) is 0 Å². The summed E-state index contributed by atoms with van der Waals surface area (Å²) in [6.07, 6.45) is 1.18. The topological polar surface area (TPSA) is 75.3 Å². The zero-order chi connectivity index (χ0) is 14.2. The van der Waals surface area contributed by atoms with Crippen LogP contribution in [0.2, 0.25) is 0 Å². The molecular formula is C14H19ClN2O3S. The molecule has 1 amide bonds. The number of hydrogen-bond donors (Lipinski definition) is 2. The van der Waals surface area contributed by atoms with Crippen LogP contribution in [-0.4, -0.2) is 37.9 Å². The van der Waals surface area contributed by atoms with Gasteiger partial charge in [-0.1, -0.05) is 24.3 Å². The number of hydrogen-bond acceptors (Lipinski definition) is 4. The number of benzene rings is 1. The van der Waals surface area contributed by atoms with Crippen molar-refractivity contribution in [3.05, 3.63) is 35.4 Å². The second kappa shape index (κ2) is 6.34. The van der Waals surface area contributed by atoms with Crippen molar-refractivity contribution in [3.8, 4) is 0 Å². The molecule has 0 aliphatic carbocycles. The van der Waals surface area contributed by atoms with Crippen molar-refractivity contribution in [2.75, 3.05) is 11.5 Å². The summed E-state index contributed by atoms with van der Waals surface area (Å²) in [5.41, 5.74) is 2.41. The third-order valence-electron chi connectivity index (χ3n) is 3.98. The Labute approximate surface area is 130 Å². The van der Waals surface area contributed by atoms with Crippen LogP contribution in [0.1, 0.15) is 17.5 Å². The van der Waals surface area contributed by atoms with Crippen molar-refractivity contribution in [2.45, 2.75) is 31.5 Å². The summed E-state index contributed by atoms with van der Waals surface area (Å²) < 4.78 is 22.8. The van der Waals surface area contributed by atoms with Gasteiger partial charge in [0.25, 0.3) is 0 Å². The molecule has 0 radical (unpaired) electrons. The normalized spacial score (nSPS) is 26.5. The average Bonchev–Trinajstić information content (AvgIpc) is 2.77. The molecule has 1 saturated heterocycles. The summed E-state index contributed by atoms with van der Waals surface area (Å²) >= 11 is 0. The van der Waals surface area contributed by atoms with Crippen molar-refractivity contribution in [3.63, 3.8) is 0 Å². The fourth-order valence-electron chi connectivity index (χ4n) is 2.85. The van der Waals surface area contributed by atoms with E-state index in [0.717, 1.165) is 0 Å². The fourth-order valence-corrected chi connectivity index (χ4v) is 4.52. The minimum Gasteiger partial charge on any atom is -0.351 e. The maximum atomic E-state index is 12.2. The van der Waals surface area contributed by atoms with E-state index in [9.17, 15) is 13.2 Å². The van der Waals surface area contributed by atoms with E-state index >= 15 is 0 Å². The number of rotatable bonds is 2. The molecule has 2 aliphatic heterocycles. The lowest BCUT2D eigenvalue weighted by molar-refractivity contribution is -0.123. The maximum absolute atomic E-state index is 12.2. The largest absolute Gasteiger partial charge is 0.351 e. The van der Waals surface area contributed by atoms with Crippen LogP contribution in [0.15, 0.2) is 24.3 Å². The number of amides is 1. The lowest BCUT2D eigenvalue weighted by atomic mass is 9.95. The lowest BCUT2D eigenvalue weighted by Gasteiger charge is -2.26. The van der Waals surface area contributed by atoms with E-state index in [-0.39, 0.29) is 41.9 Å². The number of carbonyl (C=O) groups excluding carboxylic acids is 1. The fraction of sp³-hybridized carbons (Fsp3) is 0.500. The van der Waals surface area contributed by atoms with Crippen molar-refractivity contribution >= 4 is 28.2 Å². The Hall–Kier alpha value is -1.11. The highest BCUT2D eigenvalue weighted by atomic mass is 35.5. The number of halogens is 1. The smallest absolute Gasteiger partial charge is 0.237 e. The highest BCUT2D eigenvalue weighted by Gasteiger charge is 2.31. The van der Waals surface area contributed by atoms with E-state index in [4.69, 9.17) is 0 Å². The maximum Gasteiger partial charge on any atom is 0.237 e. The highest BCUT2D eigenvalue weighted by Crippen LogP contribution is 2.17. The Balaban J connectivity index is 0.00000161. The standard InChI is InChI=1S/C14H18N2O3S.ClH/c17-14(16-12-5-6-20(18,19)9-12)13-7-10-3-1-2-4-11(10)8-15-13;/h1-4,12-13,15H,5-9H2,(H,16,17);1H. The molecule has 2 aliphatic rings. The Morgan fingerprint density at radius 3 is 2.62 bits per heavy atom. The van der Waals surface area contributed by atoms with Crippen LogP contribution in [0.25, 0.3) is 0 Å². The summed E-state index contributed by atoms with van der Waals surface area (Å²) in [4.78, 5) is 12.2. The summed E-state index contributed by atoms with van der Waals surface area (Å²) in [6.45, 7) is 0.678. The van der Waals surface area contributed by atoms with Gasteiger partial charge in [-0.05, 0) is 24.0 Å². The van der Waals surface area contributed by atoms with Gasteiger partial charge < -0.3 is 10.6 Å². The van der Waals surface area contributed by atoms with Crippen LogP contribution in [0.5, 0.6) is 0 Å². The Morgan fingerprint density at radius 1 is 1.24 bits per heavy atom. The highest BCUT2D eigenvalue weighted by molar-refractivity contribution is 7.91. The number of fused-ring (bicyclic) bond motifs is 1. The average molecular weight is 331 g/mol. The Morgan fingerprint density at radius 2 is 1.95 bits per heavy atom. The second-order valence-corrected chi connectivity index (χ2v) is 7.74. The molecule has 2 N–H and O–H groups in total. The summed E-state index contributed by atoms with van der Waals surface area (Å²) in [6, 6.07) is 7.56. The first kappa shape index (κ1) is 16.3. The van der Waals surface area contributed by atoms with Crippen LogP contribution < -0.4 is 10.6 Å². The third-order valence-corrected chi connectivity index (χ3v) is 5.74. The van der Waals surface area contributed by atoms with Crippen LogP contribution in [0.3, 0.4) is 0 Å². The SMILES string of the molecule is Cl.O=C(NC1CCS(=O)(=O)C1)C1Cc2ccccc2CN1. The molecule has 21 heavy (non-hydrogen) atoms. The molecule has 1 aromatic rings. The molecule has 116 valence electrons. The molecule has 0 bridgehead atoms. The second-order valence-electron chi connectivity index (χ2n) is 5.51. The molecule has 5 nitrogen and oxygen atoms in total. The van der Waals surface area contributed by atoms with E-state index in [1.807, 2.05) is 18.2 Å². The van der Waals surface area contributed by atoms with Crippen LogP contribution in [0.4, 0.5) is 0 Å². The monoisotopic (exact) mass is 330 g/mol. The zero-order valence-corrected chi connectivity index (χ0v) is 13.2. The van der Waals surface area contributed by atoms with E-state index < -0.39 is 9.84 Å². The zero-order valence-electron chi connectivity index (χ0n) is 11.5. The van der Waals surface area contributed by atoms with Gasteiger partial charge in [-0.2, -0.15) is 0 Å². The minimum absolute atomic E-state index is 0. The summed E-state index contributed by atoms with van der Waals surface area (Å²) in [5.74, 6) is 0.155. The van der Waals surface area contributed by atoms with Crippen LogP contribution in [-0.2, 0) is 27.6 Å². The van der Waals surface area contributed by atoms with Crippen LogP contribution >= 0.6 is 12.4 Å². The molecule has 3 rings (SSSR count). The van der Waals surface area contributed by atoms with E-state index in [1.165, 1.54) is 11.1 Å². The Kier molecular flexibility index (Phi) is 4.91. The lowest BCUT2D eigenvalue weighted by Crippen LogP contribution is -2.50. The first-order valence-corrected chi connectivity index (χ1v) is 8.66. The number of carbonyl (C=O) groups is 1. The van der Waals surface area contributed by atoms with Gasteiger partial charge in [0.2, 0.25) is 5.91 Å². The van der Waals surface area contributed by atoms with Gasteiger partial charge in [0.05, 0.1) is 17.5 Å². The predicted molar refractivity (Wildman–Crippen MR) is 83.2 cm³/mol. The van der Waals surface area contributed by atoms with Gasteiger partial charge in [-0.15, -0.1) is 12.4 Å². The summed E-state index contributed by atoms with van der Waals surface area (Å²) in [5, 5.41) is 6.06. The quantitative estimate of drug-likeness (QED) is 0.824. The Bertz CT molecular complexity index is 633.